The van der Waals surface area contributed by atoms with Crippen molar-refractivity contribution in [2.24, 2.45) is 5.92 Å². The van der Waals surface area contributed by atoms with Crippen molar-refractivity contribution in [3.8, 4) is 0 Å². The molecular weight excluding hydrogens is 246 g/mol. The van der Waals surface area contributed by atoms with Crippen molar-refractivity contribution in [3.05, 3.63) is 29.8 Å². The Labute approximate surface area is 113 Å². The van der Waals surface area contributed by atoms with Gasteiger partial charge in [0.2, 0.25) is 5.91 Å². The fourth-order valence-electron chi connectivity index (χ4n) is 1.38. The number of amides is 1. The van der Waals surface area contributed by atoms with E-state index in [0.29, 0.717) is 18.2 Å². The van der Waals surface area contributed by atoms with Crippen LogP contribution in [0.3, 0.4) is 0 Å². The van der Waals surface area contributed by atoms with Crippen molar-refractivity contribution >= 4 is 17.7 Å². The Balaban J connectivity index is 2.43. The van der Waals surface area contributed by atoms with Gasteiger partial charge in [0.15, 0.2) is 0 Å². The molecule has 0 heterocycles. The zero-order valence-corrected chi connectivity index (χ0v) is 12.0. The molecule has 18 heavy (non-hydrogen) atoms. The first kappa shape index (κ1) is 15.1. The summed E-state index contributed by atoms with van der Waals surface area (Å²) >= 11 is 1.49. The van der Waals surface area contributed by atoms with E-state index in [1.54, 1.807) is 6.92 Å². The van der Waals surface area contributed by atoms with Gasteiger partial charge in [-0.15, -0.1) is 11.8 Å². The van der Waals surface area contributed by atoms with Crippen LogP contribution in [-0.4, -0.2) is 23.3 Å². The normalized spacial score (nSPS) is 12.5. The number of carbonyl (C=O) groups is 1. The molecule has 0 aromatic heterocycles. The zero-order chi connectivity index (χ0) is 13.5. The second kappa shape index (κ2) is 7.44. The molecule has 0 aliphatic heterocycles. The van der Waals surface area contributed by atoms with Gasteiger partial charge in [-0.2, -0.15) is 0 Å². The number of thioether (sulfide) groups is 1. The summed E-state index contributed by atoms with van der Waals surface area (Å²) in [6.45, 7) is 6.59. The van der Waals surface area contributed by atoms with Crippen LogP contribution in [-0.2, 0) is 4.79 Å². The van der Waals surface area contributed by atoms with Gasteiger partial charge in [0.1, 0.15) is 0 Å². The number of aliphatic hydroxyl groups excluding tert-OH is 1. The predicted octanol–water partition coefficient (Wildman–Crippen LogP) is 2.60. The van der Waals surface area contributed by atoms with Crippen LogP contribution in [0.5, 0.6) is 0 Å². The van der Waals surface area contributed by atoms with Crippen molar-refractivity contribution in [1.82, 2.24) is 5.32 Å². The highest BCUT2D eigenvalue weighted by molar-refractivity contribution is 8.00. The Morgan fingerprint density at radius 3 is 2.72 bits per heavy atom. The Bertz CT molecular complexity index is 391. The summed E-state index contributed by atoms with van der Waals surface area (Å²) in [5.74, 6) is 0.935. The lowest BCUT2D eigenvalue weighted by Gasteiger charge is -2.09. The summed E-state index contributed by atoms with van der Waals surface area (Å²) in [7, 11) is 0. The van der Waals surface area contributed by atoms with Gasteiger partial charge >= 0.3 is 0 Å². The third-order valence-electron chi connectivity index (χ3n) is 2.42. The minimum absolute atomic E-state index is 0.0520. The standard InChI is InChI=1S/C14H21NO2S/c1-10(2)8-15-14(17)9-18-13-6-4-5-12(7-13)11(3)16/h4-7,10-11,16H,8-9H2,1-3H3,(H,15,17). The number of hydrogen-bond acceptors (Lipinski definition) is 3. The van der Waals surface area contributed by atoms with Crippen LogP contribution < -0.4 is 5.32 Å². The lowest BCUT2D eigenvalue weighted by molar-refractivity contribution is -0.118. The van der Waals surface area contributed by atoms with Crippen molar-refractivity contribution in [2.45, 2.75) is 31.8 Å². The Hall–Kier alpha value is -1.00. The van der Waals surface area contributed by atoms with Crippen LogP contribution in [0.1, 0.15) is 32.4 Å². The molecule has 0 aliphatic carbocycles. The summed E-state index contributed by atoms with van der Waals surface area (Å²) in [4.78, 5) is 12.6. The molecule has 1 amide bonds. The topological polar surface area (TPSA) is 49.3 Å². The molecule has 0 aliphatic rings. The first-order valence-corrected chi connectivity index (χ1v) is 7.15. The summed E-state index contributed by atoms with van der Waals surface area (Å²) in [5.41, 5.74) is 0.877. The van der Waals surface area contributed by atoms with Gasteiger partial charge in [-0.1, -0.05) is 26.0 Å². The van der Waals surface area contributed by atoms with E-state index in [-0.39, 0.29) is 5.91 Å². The fraction of sp³-hybridized carbons (Fsp3) is 0.500. The summed E-state index contributed by atoms with van der Waals surface area (Å²) in [6, 6.07) is 7.65. The number of nitrogens with one attached hydrogen (secondary N) is 1. The van der Waals surface area contributed by atoms with Gasteiger partial charge in [-0.3, -0.25) is 4.79 Å². The summed E-state index contributed by atoms with van der Waals surface area (Å²) < 4.78 is 0. The van der Waals surface area contributed by atoms with E-state index in [9.17, 15) is 9.90 Å². The number of benzene rings is 1. The fourth-order valence-corrected chi connectivity index (χ4v) is 2.18. The van der Waals surface area contributed by atoms with E-state index < -0.39 is 6.10 Å². The number of hydrogen-bond donors (Lipinski definition) is 2. The highest BCUT2D eigenvalue weighted by Crippen LogP contribution is 2.22. The van der Waals surface area contributed by atoms with Gasteiger partial charge in [0.05, 0.1) is 11.9 Å². The third-order valence-corrected chi connectivity index (χ3v) is 3.41. The molecular formula is C14H21NO2S. The van der Waals surface area contributed by atoms with Crippen molar-refractivity contribution in [3.63, 3.8) is 0 Å². The van der Waals surface area contributed by atoms with Gasteiger partial charge in [0, 0.05) is 11.4 Å². The van der Waals surface area contributed by atoms with Crippen molar-refractivity contribution < 1.29 is 9.90 Å². The molecule has 1 atom stereocenters. The van der Waals surface area contributed by atoms with E-state index in [1.165, 1.54) is 11.8 Å². The van der Waals surface area contributed by atoms with E-state index in [1.807, 2.05) is 24.3 Å². The second-order valence-electron chi connectivity index (χ2n) is 4.74. The van der Waals surface area contributed by atoms with Crippen LogP contribution in [0.4, 0.5) is 0 Å². The quantitative estimate of drug-likeness (QED) is 0.779. The van der Waals surface area contributed by atoms with Crippen molar-refractivity contribution in [2.75, 3.05) is 12.3 Å². The van der Waals surface area contributed by atoms with Gasteiger partial charge in [0.25, 0.3) is 0 Å². The first-order chi connectivity index (χ1) is 8.49. The lowest BCUT2D eigenvalue weighted by atomic mass is 10.1. The molecule has 0 radical (unpaired) electrons. The molecule has 0 saturated heterocycles. The lowest BCUT2D eigenvalue weighted by Crippen LogP contribution is -2.28. The minimum atomic E-state index is -0.472. The van der Waals surface area contributed by atoms with Gasteiger partial charge < -0.3 is 10.4 Å². The van der Waals surface area contributed by atoms with Crippen LogP contribution in [0.25, 0.3) is 0 Å². The molecule has 1 aromatic carbocycles. The number of rotatable bonds is 6. The molecule has 4 heteroatoms. The molecule has 0 spiro atoms. The maximum atomic E-state index is 11.6. The maximum Gasteiger partial charge on any atom is 0.230 e. The Kier molecular flexibility index (Phi) is 6.22. The number of carbonyl (C=O) groups excluding carboxylic acids is 1. The average Bonchev–Trinajstić information content (AvgIpc) is 2.34. The van der Waals surface area contributed by atoms with Crippen LogP contribution in [0.15, 0.2) is 29.2 Å². The van der Waals surface area contributed by atoms with Gasteiger partial charge in [-0.05, 0) is 30.5 Å². The largest absolute Gasteiger partial charge is 0.389 e. The smallest absolute Gasteiger partial charge is 0.230 e. The summed E-state index contributed by atoms with van der Waals surface area (Å²) in [5, 5.41) is 12.4. The minimum Gasteiger partial charge on any atom is -0.389 e. The van der Waals surface area contributed by atoms with Gasteiger partial charge in [-0.25, -0.2) is 0 Å². The van der Waals surface area contributed by atoms with E-state index in [4.69, 9.17) is 0 Å². The first-order valence-electron chi connectivity index (χ1n) is 6.16. The monoisotopic (exact) mass is 267 g/mol. The highest BCUT2D eigenvalue weighted by atomic mass is 32.2. The Morgan fingerprint density at radius 1 is 1.39 bits per heavy atom. The predicted molar refractivity (Wildman–Crippen MR) is 75.6 cm³/mol. The van der Waals surface area contributed by atoms with Crippen LogP contribution in [0, 0.1) is 5.92 Å². The molecule has 1 aromatic rings. The molecule has 0 fully saturated rings. The maximum absolute atomic E-state index is 11.6. The average molecular weight is 267 g/mol. The second-order valence-corrected chi connectivity index (χ2v) is 5.78. The molecule has 3 nitrogen and oxygen atoms in total. The molecule has 0 bridgehead atoms. The highest BCUT2D eigenvalue weighted by Gasteiger charge is 2.05. The van der Waals surface area contributed by atoms with Crippen LogP contribution in [0.2, 0.25) is 0 Å². The van der Waals surface area contributed by atoms with Crippen LogP contribution >= 0.6 is 11.8 Å². The molecule has 2 N–H and O–H groups in total. The van der Waals surface area contributed by atoms with E-state index in [2.05, 4.69) is 19.2 Å². The zero-order valence-electron chi connectivity index (χ0n) is 11.1. The van der Waals surface area contributed by atoms with Crippen molar-refractivity contribution in [1.29, 1.82) is 0 Å². The molecule has 1 unspecified atom stereocenters. The third kappa shape index (κ3) is 5.56. The molecule has 100 valence electrons. The SMILES string of the molecule is CC(C)CNC(=O)CSc1cccc(C(C)O)c1. The summed E-state index contributed by atoms with van der Waals surface area (Å²) in [6.07, 6.45) is -0.472. The number of aliphatic hydroxyl groups is 1. The van der Waals surface area contributed by atoms with E-state index in [0.717, 1.165) is 10.5 Å². The Morgan fingerprint density at radius 2 is 2.11 bits per heavy atom. The molecule has 0 saturated carbocycles. The van der Waals surface area contributed by atoms with E-state index >= 15 is 0 Å². The molecule has 1 rings (SSSR count).